The van der Waals surface area contributed by atoms with E-state index in [1.807, 2.05) is 0 Å². The first-order valence-electron chi connectivity index (χ1n) is 12.7. The monoisotopic (exact) mass is 428 g/mol. The first-order valence-corrected chi connectivity index (χ1v) is 12.7. The highest BCUT2D eigenvalue weighted by molar-refractivity contribution is 5.52. The second kappa shape index (κ2) is 9.20. The van der Waals surface area contributed by atoms with Crippen molar-refractivity contribution < 1.29 is 4.74 Å². The van der Waals surface area contributed by atoms with Crippen LogP contribution in [0.2, 0.25) is 0 Å². The van der Waals surface area contributed by atoms with Crippen molar-refractivity contribution in [2.75, 3.05) is 44.2 Å². The highest BCUT2D eigenvalue weighted by Gasteiger charge is 2.45. The topological polar surface area (TPSA) is 65.5 Å². The van der Waals surface area contributed by atoms with Gasteiger partial charge in [-0.15, -0.1) is 0 Å². The van der Waals surface area contributed by atoms with Gasteiger partial charge in [0.1, 0.15) is 12.4 Å². The molecule has 7 heteroatoms. The fraction of sp³-hybridized carbons (Fsp3) is 0.833. The van der Waals surface area contributed by atoms with Crippen LogP contribution in [-0.4, -0.2) is 71.8 Å². The molecule has 0 spiro atoms. The van der Waals surface area contributed by atoms with Gasteiger partial charge in [-0.3, -0.25) is 4.90 Å². The van der Waals surface area contributed by atoms with Crippen LogP contribution in [0, 0.1) is 0 Å². The highest BCUT2D eigenvalue weighted by Crippen LogP contribution is 2.39. The molecule has 6 rings (SSSR count). The third-order valence-corrected chi connectivity index (χ3v) is 7.69. The number of hydrogen-bond donors (Lipinski definition) is 2. The number of rotatable bonds is 4. The number of fused-ring (bicyclic) bond motifs is 4. The van der Waals surface area contributed by atoms with Crippen LogP contribution in [0.1, 0.15) is 70.1 Å². The van der Waals surface area contributed by atoms with Gasteiger partial charge in [-0.2, -0.15) is 9.97 Å². The largest absolute Gasteiger partial charge is 0.461 e. The van der Waals surface area contributed by atoms with Crippen LogP contribution in [0.25, 0.3) is 0 Å². The van der Waals surface area contributed by atoms with Gasteiger partial charge in [-0.25, -0.2) is 0 Å². The minimum atomic E-state index is 0.242. The first kappa shape index (κ1) is 21.4. The number of anilines is 1. The third-order valence-electron chi connectivity index (χ3n) is 7.69. The summed E-state index contributed by atoms with van der Waals surface area (Å²) in [5.74, 6) is 1.15. The summed E-state index contributed by atoms with van der Waals surface area (Å²) in [7, 11) is 0. The number of nitrogens with one attached hydrogen (secondary N) is 2. The van der Waals surface area contributed by atoms with E-state index in [2.05, 4.69) is 34.3 Å². The van der Waals surface area contributed by atoms with E-state index in [4.69, 9.17) is 14.7 Å². The summed E-state index contributed by atoms with van der Waals surface area (Å²) in [6, 6.07) is 1.82. The molecule has 1 aromatic rings. The molecule has 2 unspecified atom stereocenters. The van der Waals surface area contributed by atoms with Crippen LogP contribution < -0.4 is 20.3 Å². The Morgan fingerprint density at radius 2 is 1.77 bits per heavy atom. The molecule has 6 heterocycles. The van der Waals surface area contributed by atoms with Gasteiger partial charge in [0, 0.05) is 37.3 Å². The summed E-state index contributed by atoms with van der Waals surface area (Å²) in [5.41, 5.74) is 2.73. The summed E-state index contributed by atoms with van der Waals surface area (Å²) < 4.78 is 6.33. The van der Waals surface area contributed by atoms with Gasteiger partial charge in [0.05, 0.1) is 11.2 Å². The zero-order valence-electron chi connectivity index (χ0n) is 19.5. The van der Waals surface area contributed by atoms with Crippen LogP contribution in [0.15, 0.2) is 0 Å². The minimum Gasteiger partial charge on any atom is -0.461 e. The fourth-order valence-corrected chi connectivity index (χ4v) is 6.27. The van der Waals surface area contributed by atoms with Gasteiger partial charge in [0.25, 0.3) is 0 Å². The Bertz CT molecular complexity index is 749. The minimum absolute atomic E-state index is 0.242. The summed E-state index contributed by atoms with van der Waals surface area (Å²) in [4.78, 5) is 15.0. The molecule has 31 heavy (non-hydrogen) atoms. The van der Waals surface area contributed by atoms with Gasteiger partial charge >= 0.3 is 6.01 Å². The van der Waals surface area contributed by atoms with Gasteiger partial charge in [-0.05, 0) is 64.6 Å². The molecule has 0 aliphatic carbocycles. The van der Waals surface area contributed by atoms with Crippen molar-refractivity contribution in [3.63, 3.8) is 0 Å². The predicted octanol–water partition coefficient (Wildman–Crippen LogP) is 2.49. The Balaban J connectivity index is 0.000000646. The van der Waals surface area contributed by atoms with E-state index < -0.39 is 0 Å². The van der Waals surface area contributed by atoms with Crippen molar-refractivity contribution in [3.8, 4) is 6.01 Å². The maximum atomic E-state index is 6.33. The van der Waals surface area contributed by atoms with Gasteiger partial charge < -0.3 is 20.3 Å². The molecular formula is C24H40N6O. The molecule has 0 saturated carbocycles. The average molecular weight is 429 g/mol. The third kappa shape index (κ3) is 4.29. The fourth-order valence-electron chi connectivity index (χ4n) is 6.27. The van der Waals surface area contributed by atoms with E-state index in [1.165, 1.54) is 63.6 Å². The van der Waals surface area contributed by atoms with Crippen LogP contribution >= 0.6 is 0 Å². The maximum absolute atomic E-state index is 6.33. The van der Waals surface area contributed by atoms with Crippen LogP contribution in [0.4, 0.5) is 5.82 Å². The zero-order chi connectivity index (χ0) is 21.3. The summed E-state index contributed by atoms with van der Waals surface area (Å²) in [6.45, 7) is 11.4. The standard InChI is InChI=1S/C21H32N6O.C3H8/c1-6-21(7-2-10-27(21)9-1)14-28-20-24-18-11-22-8-5-17(18)19(25-20)26-12-15-3-4-16(13-26)23-15;1-3-2/h15-16,22-23H,1-14H2;3H2,1-2H3. The Morgan fingerprint density at radius 1 is 1.06 bits per heavy atom. The Kier molecular flexibility index (Phi) is 6.35. The molecule has 2 N–H and O–H groups in total. The summed E-state index contributed by atoms with van der Waals surface area (Å²) >= 11 is 0. The second-order valence-corrected chi connectivity index (χ2v) is 10.1. The molecule has 2 bridgehead atoms. The molecule has 5 aliphatic rings. The predicted molar refractivity (Wildman–Crippen MR) is 124 cm³/mol. The molecular weight excluding hydrogens is 388 g/mol. The molecule has 5 aliphatic heterocycles. The Labute approximate surface area is 187 Å². The number of ether oxygens (including phenoxy) is 1. The molecule has 0 aromatic carbocycles. The molecule has 4 fully saturated rings. The quantitative estimate of drug-likeness (QED) is 0.764. The Hall–Kier alpha value is -1.44. The van der Waals surface area contributed by atoms with E-state index in [0.29, 0.717) is 18.1 Å². The van der Waals surface area contributed by atoms with Crippen molar-refractivity contribution in [3.05, 3.63) is 11.3 Å². The van der Waals surface area contributed by atoms with E-state index >= 15 is 0 Å². The number of aromatic nitrogens is 2. The normalized spacial score (nSPS) is 28.6. The lowest BCUT2D eigenvalue weighted by Gasteiger charge is -2.36. The van der Waals surface area contributed by atoms with Crippen molar-refractivity contribution >= 4 is 5.82 Å². The number of piperazine rings is 1. The maximum Gasteiger partial charge on any atom is 0.318 e. The van der Waals surface area contributed by atoms with E-state index in [0.717, 1.165) is 50.7 Å². The molecule has 0 amide bonds. The zero-order valence-corrected chi connectivity index (χ0v) is 19.5. The van der Waals surface area contributed by atoms with Crippen molar-refractivity contribution in [2.24, 2.45) is 0 Å². The lowest BCUT2D eigenvalue weighted by Crippen LogP contribution is -2.52. The van der Waals surface area contributed by atoms with Crippen LogP contribution in [-0.2, 0) is 13.0 Å². The number of hydrogen-bond acceptors (Lipinski definition) is 7. The molecule has 172 valence electrons. The highest BCUT2D eigenvalue weighted by atomic mass is 16.5. The lowest BCUT2D eigenvalue weighted by molar-refractivity contribution is 0.107. The van der Waals surface area contributed by atoms with Crippen LogP contribution in [0.3, 0.4) is 0 Å². The van der Waals surface area contributed by atoms with E-state index in [1.54, 1.807) is 0 Å². The van der Waals surface area contributed by atoms with Gasteiger partial charge in [-0.1, -0.05) is 20.3 Å². The number of nitrogens with zero attached hydrogens (tertiary/aromatic N) is 4. The van der Waals surface area contributed by atoms with Crippen molar-refractivity contribution in [1.29, 1.82) is 0 Å². The average Bonchev–Trinajstić information content (AvgIpc) is 3.46. The smallest absolute Gasteiger partial charge is 0.318 e. The molecule has 7 nitrogen and oxygen atoms in total. The molecule has 2 atom stereocenters. The SMILES string of the molecule is C1CN2CCCC2(COc2nc3c(c(N4CC5CCC(C4)N5)n2)CCNC3)C1.CCC. The van der Waals surface area contributed by atoms with E-state index in [9.17, 15) is 0 Å². The summed E-state index contributed by atoms with van der Waals surface area (Å²) in [5, 5.41) is 7.21. The van der Waals surface area contributed by atoms with Crippen LogP contribution in [0.5, 0.6) is 6.01 Å². The van der Waals surface area contributed by atoms with E-state index in [-0.39, 0.29) is 5.54 Å². The first-order chi connectivity index (χ1) is 15.2. The molecule has 1 aromatic heterocycles. The molecule has 4 saturated heterocycles. The van der Waals surface area contributed by atoms with Gasteiger partial charge in [0.2, 0.25) is 0 Å². The Morgan fingerprint density at radius 3 is 2.48 bits per heavy atom. The van der Waals surface area contributed by atoms with Crippen molar-refractivity contribution in [2.45, 2.75) is 89.4 Å². The van der Waals surface area contributed by atoms with Gasteiger partial charge in [0.15, 0.2) is 0 Å². The van der Waals surface area contributed by atoms with Crippen molar-refractivity contribution in [1.82, 2.24) is 25.5 Å². The second-order valence-electron chi connectivity index (χ2n) is 10.1. The lowest BCUT2D eigenvalue weighted by atomic mass is 9.95. The molecule has 0 radical (unpaired) electrons. The summed E-state index contributed by atoms with van der Waals surface area (Å²) in [6.07, 6.45) is 9.96.